The SMILES string of the molecule is COc1c(Cl)cc(/C(O)=C2/C(=O)C(=O)N(Cc3ccco3)C2c2ccco2)cc1Cl. The van der Waals surface area contributed by atoms with Crippen LogP contribution >= 0.6 is 23.2 Å². The summed E-state index contributed by atoms with van der Waals surface area (Å²) in [5.74, 6) is -1.06. The average Bonchev–Trinajstić information content (AvgIpc) is 3.46. The molecule has 2 aromatic heterocycles. The van der Waals surface area contributed by atoms with Gasteiger partial charge in [-0.15, -0.1) is 0 Å². The number of hydrogen-bond donors (Lipinski definition) is 1. The summed E-state index contributed by atoms with van der Waals surface area (Å²) < 4.78 is 15.9. The largest absolute Gasteiger partial charge is 0.507 e. The van der Waals surface area contributed by atoms with Gasteiger partial charge in [0.2, 0.25) is 0 Å². The van der Waals surface area contributed by atoms with Crippen LogP contribution in [0.1, 0.15) is 23.1 Å². The highest BCUT2D eigenvalue weighted by Crippen LogP contribution is 2.42. The lowest BCUT2D eigenvalue weighted by molar-refractivity contribution is -0.140. The van der Waals surface area contributed by atoms with Crippen molar-refractivity contribution in [2.45, 2.75) is 12.6 Å². The summed E-state index contributed by atoms with van der Waals surface area (Å²) in [6.45, 7) is 0.0177. The molecule has 9 heteroatoms. The first kappa shape index (κ1) is 20.1. The Balaban J connectivity index is 1.86. The predicted octanol–water partition coefficient (Wildman–Crippen LogP) is 4.81. The molecule has 1 atom stereocenters. The lowest BCUT2D eigenvalue weighted by Gasteiger charge is -2.22. The second-order valence-electron chi connectivity index (χ2n) is 6.49. The monoisotopic (exact) mass is 447 g/mol. The van der Waals surface area contributed by atoms with Gasteiger partial charge >= 0.3 is 0 Å². The highest BCUT2D eigenvalue weighted by atomic mass is 35.5. The van der Waals surface area contributed by atoms with Gasteiger partial charge in [0, 0.05) is 5.56 Å². The Bertz CT molecular complexity index is 1110. The molecule has 1 unspecified atom stereocenters. The van der Waals surface area contributed by atoms with E-state index in [1.165, 1.54) is 36.7 Å². The Labute approximate surface area is 181 Å². The minimum atomic E-state index is -0.954. The zero-order chi connectivity index (χ0) is 21.4. The van der Waals surface area contributed by atoms with Crippen molar-refractivity contribution in [3.8, 4) is 5.75 Å². The van der Waals surface area contributed by atoms with Gasteiger partial charge in [0.25, 0.3) is 11.7 Å². The van der Waals surface area contributed by atoms with Gasteiger partial charge in [0.05, 0.1) is 41.8 Å². The number of benzene rings is 1. The number of aliphatic hydroxyl groups is 1. The molecule has 4 rings (SSSR count). The second kappa shape index (κ2) is 7.93. The quantitative estimate of drug-likeness (QED) is 0.342. The van der Waals surface area contributed by atoms with Gasteiger partial charge in [-0.1, -0.05) is 23.2 Å². The number of amides is 1. The third-order valence-corrected chi connectivity index (χ3v) is 5.30. The molecule has 0 bridgehead atoms. The molecule has 3 heterocycles. The number of nitrogens with zero attached hydrogens (tertiary/aromatic N) is 1. The Morgan fingerprint density at radius 2 is 1.80 bits per heavy atom. The number of carbonyl (C=O) groups excluding carboxylic acids is 2. The van der Waals surface area contributed by atoms with Crippen LogP contribution in [0.4, 0.5) is 0 Å². The summed E-state index contributed by atoms with van der Waals surface area (Å²) in [7, 11) is 1.41. The number of furan rings is 2. The second-order valence-corrected chi connectivity index (χ2v) is 7.31. The molecule has 1 N–H and O–H groups in total. The lowest BCUT2D eigenvalue weighted by Crippen LogP contribution is -2.28. The molecule has 1 aliphatic heterocycles. The first-order valence-electron chi connectivity index (χ1n) is 8.80. The molecule has 0 radical (unpaired) electrons. The predicted molar refractivity (Wildman–Crippen MR) is 108 cm³/mol. The van der Waals surface area contributed by atoms with E-state index in [9.17, 15) is 14.7 Å². The number of methoxy groups -OCH3 is 1. The summed E-state index contributed by atoms with van der Waals surface area (Å²) >= 11 is 12.3. The van der Waals surface area contributed by atoms with Gasteiger partial charge < -0.3 is 23.6 Å². The molecule has 1 fully saturated rings. The highest BCUT2D eigenvalue weighted by Gasteiger charge is 2.47. The number of ketones is 1. The topological polar surface area (TPSA) is 93.1 Å². The molecular weight excluding hydrogens is 433 g/mol. The molecule has 0 aliphatic carbocycles. The Morgan fingerprint density at radius 1 is 1.13 bits per heavy atom. The van der Waals surface area contributed by atoms with Gasteiger partial charge in [-0.05, 0) is 36.4 Å². The fraction of sp³-hybridized carbons (Fsp3) is 0.143. The smallest absolute Gasteiger partial charge is 0.296 e. The van der Waals surface area contributed by atoms with Crippen molar-refractivity contribution in [2.24, 2.45) is 0 Å². The number of halogens is 2. The van der Waals surface area contributed by atoms with Crippen LogP contribution in [0.2, 0.25) is 10.0 Å². The molecule has 154 valence electrons. The van der Waals surface area contributed by atoms with Crippen LogP contribution in [0, 0.1) is 0 Å². The number of ether oxygens (including phenoxy) is 1. The summed E-state index contributed by atoms with van der Waals surface area (Å²) in [6, 6.07) is 8.46. The standard InChI is InChI=1S/C21H15Cl2NO6/c1-28-20-13(22)8-11(9-14(20)23)18(25)16-17(15-5-3-7-30-15)24(21(27)19(16)26)10-12-4-2-6-29-12/h2-9,17,25H,10H2,1H3/b18-16-. The van der Waals surface area contributed by atoms with Crippen molar-refractivity contribution in [3.63, 3.8) is 0 Å². The third kappa shape index (κ3) is 3.36. The molecule has 30 heavy (non-hydrogen) atoms. The molecule has 1 amide bonds. The summed E-state index contributed by atoms with van der Waals surface area (Å²) in [5.41, 5.74) is 0.0251. The first-order valence-corrected chi connectivity index (χ1v) is 9.55. The number of hydrogen-bond acceptors (Lipinski definition) is 6. The van der Waals surface area contributed by atoms with E-state index in [1.54, 1.807) is 24.3 Å². The van der Waals surface area contributed by atoms with Gasteiger partial charge in [-0.25, -0.2) is 0 Å². The summed E-state index contributed by atoms with van der Waals surface area (Å²) in [4.78, 5) is 27.0. The molecule has 3 aromatic rings. The molecule has 1 aromatic carbocycles. The maximum absolute atomic E-state index is 12.9. The van der Waals surface area contributed by atoms with E-state index in [1.807, 2.05) is 0 Å². The first-order chi connectivity index (χ1) is 14.4. The molecule has 0 saturated carbocycles. The third-order valence-electron chi connectivity index (χ3n) is 4.73. The molecule has 7 nitrogen and oxygen atoms in total. The molecule has 0 spiro atoms. The maximum atomic E-state index is 12.9. The van der Waals surface area contributed by atoms with Gasteiger partial charge in [0.1, 0.15) is 23.3 Å². The van der Waals surface area contributed by atoms with Crippen LogP contribution in [0.3, 0.4) is 0 Å². The van der Waals surface area contributed by atoms with E-state index in [0.29, 0.717) is 11.5 Å². The van der Waals surface area contributed by atoms with E-state index in [0.717, 1.165) is 0 Å². The minimum Gasteiger partial charge on any atom is -0.507 e. The Morgan fingerprint density at radius 3 is 2.37 bits per heavy atom. The van der Waals surface area contributed by atoms with Crippen LogP contribution in [0.5, 0.6) is 5.75 Å². The van der Waals surface area contributed by atoms with Crippen LogP contribution in [0.25, 0.3) is 5.76 Å². The van der Waals surface area contributed by atoms with E-state index in [2.05, 4.69) is 0 Å². The van der Waals surface area contributed by atoms with Crippen LogP contribution in [-0.4, -0.2) is 28.8 Å². The van der Waals surface area contributed by atoms with Crippen molar-refractivity contribution < 1.29 is 28.3 Å². The fourth-order valence-corrected chi connectivity index (χ4v) is 4.04. The van der Waals surface area contributed by atoms with E-state index in [4.69, 9.17) is 36.8 Å². The molecular formula is C21H15Cl2NO6. The number of likely N-dealkylation sites (tertiary alicyclic amines) is 1. The van der Waals surface area contributed by atoms with Crippen molar-refractivity contribution in [1.82, 2.24) is 4.90 Å². The number of Topliss-reactive ketones (excluding diaryl/α,β-unsaturated/α-hetero) is 1. The van der Waals surface area contributed by atoms with Crippen LogP contribution in [-0.2, 0) is 16.1 Å². The zero-order valence-electron chi connectivity index (χ0n) is 15.6. The molecule has 1 aliphatic rings. The lowest BCUT2D eigenvalue weighted by atomic mass is 9.99. The van der Waals surface area contributed by atoms with Crippen molar-refractivity contribution in [1.29, 1.82) is 0 Å². The van der Waals surface area contributed by atoms with Gasteiger partial charge in [-0.3, -0.25) is 9.59 Å². The van der Waals surface area contributed by atoms with Crippen molar-refractivity contribution in [3.05, 3.63) is 81.6 Å². The van der Waals surface area contributed by atoms with Gasteiger partial charge in [-0.2, -0.15) is 0 Å². The van der Waals surface area contributed by atoms with Gasteiger partial charge in [0.15, 0.2) is 5.75 Å². The summed E-state index contributed by atoms with van der Waals surface area (Å²) in [6.07, 6.45) is 2.89. The van der Waals surface area contributed by atoms with Crippen LogP contribution in [0.15, 0.2) is 63.3 Å². The van der Waals surface area contributed by atoms with Crippen molar-refractivity contribution in [2.75, 3.05) is 7.11 Å². The van der Waals surface area contributed by atoms with E-state index < -0.39 is 23.5 Å². The minimum absolute atomic E-state index is 0.0177. The van der Waals surface area contributed by atoms with E-state index >= 15 is 0 Å². The number of rotatable bonds is 5. The fourth-order valence-electron chi connectivity index (χ4n) is 3.40. The highest BCUT2D eigenvalue weighted by molar-refractivity contribution is 6.46. The zero-order valence-corrected chi connectivity index (χ0v) is 17.1. The Kier molecular flexibility index (Phi) is 5.32. The number of aliphatic hydroxyl groups excluding tert-OH is 1. The molecule has 1 saturated heterocycles. The Hall–Kier alpha value is -3.16. The van der Waals surface area contributed by atoms with Crippen molar-refractivity contribution >= 4 is 40.7 Å². The number of carbonyl (C=O) groups is 2. The maximum Gasteiger partial charge on any atom is 0.296 e. The average molecular weight is 448 g/mol. The van der Waals surface area contributed by atoms with Crippen LogP contribution < -0.4 is 4.74 Å². The summed E-state index contributed by atoms with van der Waals surface area (Å²) in [5, 5.41) is 11.3. The van der Waals surface area contributed by atoms with E-state index in [-0.39, 0.29) is 33.5 Å². The normalized spacial score (nSPS) is 18.2.